The molecule has 1 aromatic carbocycles. The number of aromatic nitrogens is 1. The van der Waals surface area contributed by atoms with E-state index in [4.69, 9.17) is 9.94 Å². The summed E-state index contributed by atoms with van der Waals surface area (Å²) in [7, 11) is 0. The average Bonchev–Trinajstić information content (AvgIpc) is 2.38. The molecule has 0 aliphatic rings. The number of nitrogens with one attached hydrogen (secondary N) is 1. The number of carbonyl (C=O) groups is 1. The van der Waals surface area contributed by atoms with Gasteiger partial charge in [0.25, 0.3) is 5.91 Å². The third-order valence-electron chi connectivity index (χ3n) is 2.43. The fraction of sp³-hybridized carbons (Fsp3) is 0.167. The summed E-state index contributed by atoms with van der Waals surface area (Å²) in [6.07, 6.45) is 2.59. The van der Waals surface area contributed by atoms with Crippen molar-refractivity contribution in [2.45, 2.75) is 13.0 Å². The van der Waals surface area contributed by atoms with Gasteiger partial charge in [0.2, 0.25) is 0 Å². The predicted octanol–water partition coefficient (Wildman–Crippen LogP) is 1.51. The Bertz CT molecular complexity index is 537. The maximum absolute atomic E-state index is 11.2. The van der Waals surface area contributed by atoms with Gasteiger partial charge in [0.05, 0.1) is 0 Å². The van der Waals surface area contributed by atoms with Crippen LogP contribution < -0.4 is 10.2 Å². The summed E-state index contributed by atoms with van der Waals surface area (Å²) < 4.78 is 5.47. The van der Waals surface area contributed by atoms with Crippen LogP contribution >= 0.6 is 0 Å². The highest BCUT2D eigenvalue weighted by atomic mass is 16.5. The molecule has 0 aliphatic heterocycles. The molecule has 0 saturated heterocycles. The van der Waals surface area contributed by atoms with E-state index in [9.17, 15) is 4.79 Å². The van der Waals surface area contributed by atoms with E-state index in [1.54, 1.807) is 30.9 Å². The Morgan fingerprint density at radius 3 is 3.06 bits per heavy atom. The summed E-state index contributed by atoms with van der Waals surface area (Å²) in [5.74, 6) is -0.0300. The van der Waals surface area contributed by atoms with Crippen LogP contribution in [0.3, 0.4) is 0 Å². The zero-order chi connectivity index (χ0) is 12.3. The molecule has 1 amide bonds. The first-order chi connectivity index (χ1) is 8.22. The number of carbonyl (C=O) groups excluding carboxylic acids is 1. The van der Waals surface area contributed by atoms with Gasteiger partial charge >= 0.3 is 0 Å². The van der Waals surface area contributed by atoms with Gasteiger partial charge in [-0.25, -0.2) is 5.48 Å². The van der Waals surface area contributed by atoms with Gasteiger partial charge in [-0.2, -0.15) is 0 Å². The Morgan fingerprint density at radius 1 is 1.47 bits per heavy atom. The van der Waals surface area contributed by atoms with Gasteiger partial charge < -0.3 is 4.74 Å². The van der Waals surface area contributed by atoms with Crippen LogP contribution in [0, 0.1) is 0 Å². The smallest absolute Gasteiger partial charge is 0.284 e. The topological polar surface area (TPSA) is 71.5 Å². The minimum atomic E-state index is -0.772. The highest BCUT2D eigenvalue weighted by Crippen LogP contribution is 2.25. The van der Waals surface area contributed by atoms with E-state index in [0.29, 0.717) is 5.75 Å². The minimum Gasteiger partial charge on any atom is -0.480 e. The molecule has 17 heavy (non-hydrogen) atoms. The van der Waals surface area contributed by atoms with Crippen molar-refractivity contribution in [3.05, 3.63) is 36.7 Å². The number of hydroxylamine groups is 1. The second kappa shape index (κ2) is 4.80. The largest absolute Gasteiger partial charge is 0.480 e. The molecular formula is C12H12N2O3. The van der Waals surface area contributed by atoms with Gasteiger partial charge in [0.15, 0.2) is 6.10 Å². The van der Waals surface area contributed by atoms with Crippen LogP contribution in [0.25, 0.3) is 10.8 Å². The van der Waals surface area contributed by atoms with Crippen molar-refractivity contribution in [2.75, 3.05) is 0 Å². The molecule has 0 radical (unpaired) electrons. The summed E-state index contributed by atoms with van der Waals surface area (Å²) in [6.45, 7) is 1.56. The molecule has 1 heterocycles. The Labute approximate surface area is 98.0 Å². The third-order valence-corrected chi connectivity index (χ3v) is 2.43. The number of rotatable bonds is 3. The number of amides is 1. The normalized spacial score (nSPS) is 12.1. The number of benzene rings is 1. The fourth-order valence-corrected chi connectivity index (χ4v) is 1.52. The maximum atomic E-state index is 11.2. The summed E-state index contributed by atoms with van der Waals surface area (Å²) in [5.41, 5.74) is 1.55. The van der Waals surface area contributed by atoms with E-state index < -0.39 is 12.0 Å². The van der Waals surface area contributed by atoms with Crippen molar-refractivity contribution < 1.29 is 14.7 Å². The highest BCUT2D eigenvalue weighted by Gasteiger charge is 2.14. The second-order valence-electron chi connectivity index (χ2n) is 3.59. The SMILES string of the molecule is CC(Oc1cccc2ccncc12)C(=O)NO. The number of pyridine rings is 1. The molecule has 5 heteroatoms. The minimum absolute atomic E-state index is 0.562. The molecule has 5 nitrogen and oxygen atoms in total. The van der Waals surface area contributed by atoms with Gasteiger partial charge in [-0.05, 0) is 24.4 Å². The first kappa shape index (κ1) is 11.3. The van der Waals surface area contributed by atoms with Gasteiger partial charge in [-0.3, -0.25) is 15.0 Å². The van der Waals surface area contributed by atoms with Crippen LogP contribution in [0.5, 0.6) is 5.75 Å². The van der Waals surface area contributed by atoms with E-state index in [1.165, 1.54) is 0 Å². The highest BCUT2D eigenvalue weighted by molar-refractivity contribution is 5.88. The molecule has 0 bridgehead atoms. The Morgan fingerprint density at radius 2 is 2.29 bits per heavy atom. The quantitative estimate of drug-likeness (QED) is 0.621. The van der Waals surface area contributed by atoms with Crippen LogP contribution in [-0.2, 0) is 4.79 Å². The van der Waals surface area contributed by atoms with E-state index in [0.717, 1.165) is 10.8 Å². The average molecular weight is 232 g/mol. The molecule has 2 N–H and O–H groups in total. The van der Waals surface area contributed by atoms with E-state index in [2.05, 4.69) is 4.98 Å². The predicted molar refractivity (Wildman–Crippen MR) is 61.8 cm³/mol. The summed E-state index contributed by atoms with van der Waals surface area (Å²) in [6, 6.07) is 7.38. The van der Waals surface area contributed by atoms with Crippen molar-refractivity contribution in [3.63, 3.8) is 0 Å². The lowest BCUT2D eigenvalue weighted by atomic mass is 10.1. The van der Waals surface area contributed by atoms with Crippen LogP contribution in [0.15, 0.2) is 36.7 Å². The number of hydrogen-bond acceptors (Lipinski definition) is 4. The Kier molecular flexibility index (Phi) is 3.20. The second-order valence-corrected chi connectivity index (χ2v) is 3.59. The number of fused-ring (bicyclic) bond motifs is 1. The first-order valence-electron chi connectivity index (χ1n) is 5.15. The van der Waals surface area contributed by atoms with Crippen molar-refractivity contribution >= 4 is 16.7 Å². The Balaban J connectivity index is 2.33. The lowest BCUT2D eigenvalue weighted by Gasteiger charge is -2.14. The van der Waals surface area contributed by atoms with Gasteiger partial charge in [-0.1, -0.05) is 12.1 Å². The standard InChI is InChI=1S/C12H12N2O3/c1-8(12(15)14-16)17-11-4-2-3-9-5-6-13-7-10(9)11/h2-8,16H,1H3,(H,14,15). The molecule has 0 saturated carbocycles. The molecule has 2 rings (SSSR count). The zero-order valence-corrected chi connectivity index (χ0v) is 9.25. The summed E-state index contributed by atoms with van der Waals surface area (Å²) in [4.78, 5) is 15.2. The molecule has 1 unspecified atom stereocenters. The third kappa shape index (κ3) is 2.34. The maximum Gasteiger partial charge on any atom is 0.284 e. The molecule has 1 aromatic heterocycles. The van der Waals surface area contributed by atoms with Gasteiger partial charge in [0, 0.05) is 17.8 Å². The van der Waals surface area contributed by atoms with Gasteiger partial charge in [-0.15, -0.1) is 0 Å². The van der Waals surface area contributed by atoms with Crippen molar-refractivity contribution in [1.29, 1.82) is 0 Å². The van der Waals surface area contributed by atoms with Crippen LogP contribution in [0.1, 0.15) is 6.92 Å². The summed E-state index contributed by atoms with van der Waals surface area (Å²) in [5, 5.41) is 10.3. The number of hydrogen-bond donors (Lipinski definition) is 2. The van der Waals surface area contributed by atoms with E-state index in [1.807, 2.05) is 18.2 Å². The Hall–Kier alpha value is -2.14. The van der Waals surface area contributed by atoms with Crippen LogP contribution in [-0.4, -0.2) is 22.2 Å². The monoisotopic (exact) mass is 232 g/mol. The fourth-order valence-electron chi connectivity index (χ4n) is 1.52. The van der Waals surface area contributed by atoms with E-state index >= 15 is 0 Å². The molecule has 1 atom stereocenters. The molecular weight excluding hydrogens is 220 g/mol. The van der Waals surface area contributed by atoms with Crippen molar-refractivity contribution in [1.82, 2.24) is 10.5 Å². The van der Waals surface area contributed by atoms with Crippen molar-refractivity contribution in [3.8, 4) is 5.75 Å². The molecule has 88 valence electrons. The molecule has 2 aromatic rings. The lowest BCUT2D eigenvalue weighted by molar-refractivity contribution is -0.135. The first-order valence-corrected chi connectivity index (χ1v) is 5.15. The van der Waals surface area contributed by atoms with E-state index in [-0.39, 0.29) is 0 Å². The molecule has 0 spiro atoms. The van der Waals surface area contributed by atoms with Crippen LogP contribution in [0.2, 0.25) is 0 Å². The van der Waals surface area contributed by atoms with Crippen LogP contribution in [0.4, 0.5) is 0 Å². The van der Waals surface area contributed by atoms with Gasteiger partial charge in [0.1, 0.15) is 5.75 Å². The molecule has 0 aliphatic carbocycles. The van der Waals surface area contributed by atoms with Crippen molar-refractivity contribution in [2.24, 2.45) is 0 Å². The zero-order valence-electron chi connectivity index (χ0n) is 9.25. The summed E-state index contributed by atoms with van der Waals surface area (Å²) >= 11 is 0. The number of nitrogens with zero attached hydrogens (tertiary/aromatic N) is 1. The number of ether oxygens (including phenoxy) is 1. The lowest BCUT2D eigenvalue weighted by Crippen LogP contribution is -2.34. The molecule has 0 fully saturated rings.